The number of halogens is 5. The first-order valence-electron chi connectivity index (χ1n) is 16.4. The smallest absolute Gasteiger partial charge is 0.453 e. The Morgan fingerprint density at radius 3 is 2.40 bits per heavy atom. The summed E-state index contributed by atoms with van der Waals surface area (Å²) in [7, 11) is 2.11. The van der Waals surface area contributed by atoms with E-state index in [1.54, 1.807) is 0 Å². The number of alkyl halides is 5. The molecule has 3 unspecified atom stereocenters. The number of rotatable bonds is 14. The fourth-order valence-corrected chi connectivity index (χ4v) is 10.3. The zero-order valence-electron chi connectivity index (χ0n) is 25.5. The molecule has 4 aliphatic rings. The Kier molecular flexibility index (Phi) is 9.84. The third-order valence-corrected chi connectivity index (χ3v) is 13.1. The number of hydrogen-bond donors (Lipinski definition) is 1. The molecule has 2 nitrogen and oxygen atoms in total. The molecule has 238 valence electrons. The second kappa shape index (κ2) is 12.8. The lowest BCUT2D eigenvalue weighted by atomic mass is 9.50. The number of aromatic hydroxyl groups is 1. The van der Waals surface area contributed by atoms with Crippen LogP contribution in [0.15, 0.2) is 18.2 Å². The second-order valence-corrected chi connectivity index (χ2v) is 15.6. The van der Waals surface area contributed by atoms with Crippen LogP contribution in [0.4, 0.5) is 22.0 Å². The maximum atomic E-state index is 13.0. The highest BCUT2D eigenvalue weighted by Crippen LogP contribution is 2.76. The molecule has 5 rings (SSSR count). The molecule has 42 heavy (non-hydrogen) atoms. The van der Waals surface area contributed by atoms with E-state index in [4.69, 9.17) is 0 Å². The Hall–Kier alpha value is -1.02. The summed E-state index contributed by atoms with van der Waals surface area (Å²) in [5.41, 5.74) is 4.08. The van der Waals surface area contributed by atoms with E-state index < -0.39 is 18.5 Å². The van der Waals surface area contributed by atoms with Gasteiger partial charge in [-0.05, 0) is 160 Å². The van der Waals surface area contributed by atoms with E-state index in [-0.39, 0.29) is 6.42 Å². The van der Waals surface area contributed by atoms with Crippen LogP contribution in [-0.2, 0) is 6.42 Å². The molecule has 0 aliphatic heterocycles. The number of hydrogen-bond acceptors (Lipinski definition) is 3. The van der Waals surface area contributed by atoms with Crippen molar-refractivity contribution in [3.05, 3.63) is 29.3 Å². The van der Waals surface area contributed by atoms with Gasteiger partial charge in [-0.1, -0.05) is 25.8 Å². The monoisotopic (exact) mass is 615 g/mol. The van der Waals surface area contributed by atoms with Gasteiger partial charge in [0.15, 0.2) is 0 Å². The van der Waals surface area contributed by atoms with E-state index in [9.17, 15) is 27.1 Å². The van der Waals surface area contributed by atoms with Crippen molar-refractivity contribution in [3.8, 4) is 5.75 Å². The predicted octanol–water partition coefficient (Wildman–Crippen LogP) is 9.85. The molecule has 0 bridgehead atoms. The van der Waals surface area contributed by atoms with Crippen LogP contribution in [0.25, 0.3) is 0 Å². The molecule has 8 heteroatoms. The van der Waals surface area contributed by atoms with E-state index in [0.717, 1.165) is 49.9 Å². The van der Waals surface area contributed by atoms with Crippen molar-refractivity contribution in [2.75, 3.05) is 31.6 Å². The molecular weight excluding hydrogens is 565 g/mol. The van der Waals surface area contributed by atoms with E-state index in [2.05, 4.69) is 24.9 Å². The summed E-state index contributed by atoms with van der Waals surface area (Å²) in [6, 6.07) is 6.16. The van der Waals surface area contributed by atoms with E-state index in [1.165, 1.54) is 80.7 Å². The minimum atomic E-state index is -5.44. The number of unbranched alkanes of at least 4 members (excludes halogenated alkanes) is 2. The van der Waals surface area contributed by atoms with Gasteiger partial charge in [-0.15, -0.1) is 0 Å². The molecule has 1 aromatic carbocycles. The molecule has 0 radical (unpaired) electrons. The zero-order chi connectivity index (χ0) is 30.2. The lowest BCUT2D eigenvalue weighted by Gasteiger charge is -2.54. The Morgan fingerprint density at radius 1 is 0.929 bits per heavy atom. The maximum absolute atomic E-state index is 13.0. The van der Waals surface area contributed by atoms with Crippen molar-refractivity contribution in [2.24, 2.45) is 28.6 Å². The van der Waals surface area contributed by atoms with Gasteiger partial charge >= 0.3 is 12.1 Å². The first-order valence-corrected chi connectivity index (χ1v) is 17.5. The molecule has 1 aromatic rings. The Bertz CT molecular complexity index is 1060. The van der Waals surface area contributed by atoms with Gasteiger partial charge < -0.3 is 10.0 Å². The maximum Gasteiger partial charge on any atom is 0.453 e. The number of phenolic OH excluding ortho intramolecular Hbond substituents is 1. The van der Waals surface area contributed by atoms with Gasteiger partial charge in [0.1, 0.15) is 5.75 Å². The normalized spacial score (nSPS) is 29.9. The number of thioether (sulfide) groups is 1. The lowest BCUT2D eigenvalue weighted by Crippen LogP contribution is -2.46. The number of nitrogens with zero attached hydrogens (tertiary/aromatic N) is 1. The minimum Gasteiger partial charge on any atom is -0.508 e. The molecule has 1 N–H and O–H groups in total. The third-order valence-electron chi connectivity index (χ3n) is 11.9. The van der Waals surface area contributed by atoms with Crippen molar-refractivity contribution >= 4 is 11.8 Å². The van der Waals surface area contributed by atoms with E-state index in [0.29, 0.717) is 34.2 Å². The van der Waals surface area contributed by atoms with Crippen molar-refractivity contribution < 1.29 is 27.1 Å². The number of benzene rings is 1. The van der Waals surface area contributed by atoms with Gasteiger partial charge in [0, 0.05) is 6.42 Å². The fourth-order valence-electron chi connectivity index (χ4n) is 9.41. The first kappa shape index (κ1) is 32.4. The predicted molar refractivity (Wildman–Crippen MR) is 161 cm³/mol. The Morgan fingerprint density at radius 2 is 1.67 bits per heavy atom. The molecule has 4 aliphatic carbocycles. The van der Waals surface area contributed by atoms with Crippen LogP contribution < -0.4 is 0 Å². The van der Waals surface area contributed by atoms with Crippen LogP contribution in [0, 0.1) is 28.6 Å². The Labute approximate surface area is 253 Å². The van der Waals surface area contributed by atoms with Crippen LogP contribution >= 0.6 is 11.8 Å². The van der Waals surface area contributed by atoms with Gasteiger partial charge in [0.2, 0.25) is 0 Å². The van der Waals surface area contributed by atoms with Crippen molar-refractivity contribution in [1.29, 1.82) is 0 Å². The van der Waals surface area contributed by atoms with Gasteiger partial charge in [-0.25, -0.2) is 0 Å². The largest absolute Gasteiger partial charge is 0.508 e. The summed E-state index contributed by atoms with van der Waals surface area (Å²) in [5.74, 6) is -0.0867. The van der Waals surface area contributed by atoms with Crippen LogP contribution in [0.1, 0.15) is 107 Å². The summed E-state index contributed by atoms with van der Waals surface area (Å²) in [4.78, 5) is 2.31. The third kappa shape index (κ3) is 6.65. The summed E-state index contributed by atoms with van der Waals surface area (Å²) in [6.07, 6.45) is 8.60. The van der Waals surface area contributed by atoms with Gasteiger partial charge in [0.25, 0.3) is 0 Å². The molecule has 5 atom stereocenters. The standard InChI is InChI=1S/C34H50F5NOS/c1-31-14-11-28-27-10-9-26(41)23-25(27)22-24(30(28)29(31)12-15-32(31)16-17-32)8-4-3-5-18-40(2)19-7-21-42-20-6-13-33(35,36)34(37,38)39/h9-10,23-24,28-30,41H,3-8,11-22H2,1-2H3/t24-,28?,29?,30?,31+/m1/s1. The number of fused-ring (bicyclic) bond motifs is 6. The molecule has 0 heterocycles. The van der Waals surface area contributed by atoms with E-state index >= 15 is 0 Å². The van der Waals surface area contributed by atoms with Crippen molar-refractivity contribution in [2.45, 2.75) is 115 Å². The highest BCUT2D eigenvalue weighted by atomic mass is 32.2. The molecular formula is C34H50F5NOS. The lowest BCUT2D eigenvalue weighted by molar-refractivity contribution is -0.284. The summed E-state index contributed by atoms with van der Waals surface area (Å²) in [6.45, 7) is 4.58. The SMILES string of the molecule is CN(CCCCC[C@@H]1Cc2cc(O)ccc2C2CC[C@@]3(C)C(CCC34CC4)C21)CCCSCCCC(F)(F)C(F)(F)F. The van der Waals surface area contributed by atoms with Crippen molar-refractivity contribution in [1.82, 2.24) is 4.90 Å². The van der Waals surface area contributed by atoms with Crippen molar-refractivity contribution in [3.63, 3.8) is 0 Å². The van der Waals surface area contributed by atoms with Crippen LogP contribution in [-0.4, -0.2) is 53.7 Å². The summed E-state index contributed by atoms with van der Waals surface area (Å²) >= 11 is 1.47. The molecule has 1 spiro atoms. The average Bonchev–Trinajstić information content (AvgIpc) is 3.66. The molecule has 3 saturated carbocycles. The summed E-state index contributed by atoms with van der Waals surface area (Å²) in [5, 5.41) is 10.2. The first-order chi connectivity index (χ1) is 19.9. The fraction of sp³-hybridized carbons (Fsp3) is 0.824. The van der Waals surface area contributed by atoms with Gasteiger partial charge in [0.05, 0.1) is 0 Å². The molecule has 0 amide bonds. The second-order valence-electron chi connectivity index (χ2n) is 14.3. The highest BCUT2D eigenvalue weighted by molar-refractivity contribution is 7.99. The number of phenols is 1. The zero-order valence-corrected chi connectivity index (χ0v) is 26.3. The van der Waals surface area contributed by atoms with Crippen LogP contribution in [0.3, 0.4) is 0 Å². The Balaban J connectivity index is 1.03. The van der Waals surface area contributed by atoms with Crippen LogP contribution in [0.5, 0.6) is 5.75 Å². The quantitative estimate of drug-likeness (QED) is 0.166. The summed E-state index contributed by atoms with van der Waals surface area (Å²) < 4.78 is 62.7. The minimum absolute atomic E-state index is 0.122. The van der Waals surface area contributed by atoms with E-state index in [1.807, 2.05) is 12.1 Å². The van der Waals surface area contributed by atoms with Crippen LogP contribution in [0.2, 0.25) is 0 Å². The molecule has 0 saturated heterocycles. The molecule has 0 aromatic heterocycles. The van der Waals surface area contributed by atoms with Gasteiger partial charge in [-0.2, -0.15) is 33.7 Å². The molecule has 3 fully saturated rings. The highest BCUT2D eigenvalue weighted by Gasteiger charge is 2.67. The topological polar surface area (TPSA) is 23.5 Å². The average molecular weight is 616 g/mol. The van der Waals surface area contributed by atoms with Gasteiger partial charge in [-0.3, -0.25) is 0 Å².